The van der Waals surface area contributed by atoms with Gasteiger partial charge in [0.1, 0.15) is 11.6 Å². The van der Waals surface area contributed by atoms with Gasteiger partial charge in [-0.15, -0.1) is 10.2 Å². The Morgan fingerprint density at radius 2 is 1.94 bits per heavy atom. The lowest BCUT2D eigenvalue weighted by atomic mass is 10.0. The molecule has 9 heteroatoms. The maximum absolute atomic E-state index is 13.5. The van der Waals surface area contributed by atoms with Crippen LogP contribution in [0.5, 0.6) is 0 Å². The summed E-state index contributed by atoms with van der Waals surface area (Å²) in [7, 11) is 0. The van der Waals surface area contributed by atoms with Gasteiger partial charge in [0, 0.05) is 38.8 Å². The van der Waals surface area contributed by atoms with Crippen LogP contribution in [0, 0.1) is 5.82 Å². The summed E-state index contributed by atoms with van der Waals surface area (Å²) in [6.07, 6.45) is 2.69. The molecule has 3 heterocycles. The molecule has 1 unspecified atom stereocenters. The van der Waals surface area contributed by atoms with E-state index in [0.717, 1.165) is 49.0 Å². The average molecular weight is 440 g/mol. The second kappa shape index (κ2) is 11.0. The number of hydrogen-bond acceptors (Lipinski definition) is 5. The molecule has 2 aromatic heterocycles. The number of benzene rings is 1. The van der Waals surface area contributed by atoms with Crippen LogP contribution in [0.1, 0.15) is 24.4 Å². The summed E-state index contributed by atoms with van der Waals surface area (Å²) in [5.41, 5.74) is 1.90. The first-order chi connectivity index (χ1) is 15.7. The minimum atomic E-state index is -0.228. The Hall–Kier alpha value is -3.04. The van der Waals surface area contributed by atoms with E-state index in [1.807, 2.05) is 47.9 Å². The molecule has 170 valence electrons. The topological polar surface area (TPSA) is 79.1 Å². The maximum atomic E-state index is 13.5. The maximum Gasteiger partial charge on any atom is 0.191 e. The number of rotatable bonds is 8. The van der Waals surface area contributed by atoms with E-state index in [9.17, 15) is 4.39 Å². The number of hydrogen-bond donors (Lipinski definition) is 2. The molecule has 1 atom stereocenters. The standard InChI is InChI=1S/C23H30FN7O/c1-2-25-23(26-11-10-22-29-28-21-5-3-4-12-31(21)22)27-17-20(30-13-15-32-16-14-30)18-6-8-19(24)9-7-18/h3-9,12,20H,2,10-11,13-17H2,1H3,(H2,25,26,27). The summed E-state index contributed by atoms with van der Waals surface area (Å²) >= 11 is 0. The molecule has 0 radical (unpaired) electrons. The molecule has 0 bridgehead atoms. The third-order valence-corrected chi connectivity index (χ3v) is 5.53. The molecule has 1 aromatic carbocycles. The Morgan fingerprint density at radius 3 is 2.72 bits per heavy atom. The van der Waals surface area contributed by atoms with E-state index in [0.29, 0.717) is 26.3 Å². The van der Waals surface area contributed by atoms with Crippen LogP contribution in [0.4, 0.5) is 4.39 Å². The van der Waals surface area contributed by atoms with E-state index >= 15 is 0 Å². The number of nitrogens with zero attached hydrogens (tertiary/aromatic N) is 5. The second-order valence-corrected chi connectivity index (χ2v) is 7.66. The van der Waals surface area contributed by atoms with Crippen LogP contribution >= 0.6 is 0 Å². The smallest absolute Gasteiger partial charge is 0.191 e. The zero-order valence-corrected chi connectivity index (χ0v) is 18.4. The molecule has 3 aromatic rings. The van der Waals surface area contributed by atoms with Crippen LogP contribution in [0.2, 0.25) is 0 Å². The first-order valence-corrected chi connectivity index (χ1v) is 11.1. The highest BCUT2D eigenvalue weighted by molar-refractivity contribution is 5.79. The molecule has 1 aliphatic rings. The molecule has 0 amide bonds. The third kappa shape index (κ3) is 5.60. The zero-order valence-electron chi connectivity index (χ0n) is 18.4. The van der Waals surface area contributed by atoms with Gasteiger partial charge >= 0.3 is 0 Å². The van der Waals surface area contributed by atoms with Gasteiger partial charge in [-0.25, -0.2) is 4.39 Å². The van der Waals surface area contributed by atoms with Crippen molar-refractivity contribution < 1.29 is 9.13 Å². The number of ether oxygens (including phenoxy) is 1. The predicted octanol–water partition coefficient (Wildman–Crippen LogP) is 2.04. The van der Waals surface area contributed by atoms with E-state index in [2.05, 4.69) is 25.7 Å². The summed E-state index contributed by atoms with van der Waals surface area (Å²) in [5, 5.41) is 15.2. The van der Waals surface area contributed by atoms with E-state index in [4.69, 9.17) is 9.73 Å². The predicted molar refractivity (Wildman–Crippen MR) is 122 cm³/mol. The van der Waals surface area contributed by atoms with Gasteiger partial charge in [-0.2, -0.15) is 0 Å². The van der Waals surface area contributed by atoms with Crippen molar-refractivity contribution in [3.8, 4) is 0 Å². The van der Waals surface area contributed by atoms with E-state index in [-0.39, 0.29) is 11.9 Å². The fourth-order valence-corrected chi connectivity index (χ4v) is 3.88. The van der Waals surface area contributed by atoms with Gasteiger partial charge in [0.2, 0.25) is 0 Å². The molecule has 1 fully saturated rings. The van der Waals surface area contributed by atoms with Crippen molar-refractivity contribution in [3.63, 3.8) is 0 Å². The monoisotopic (exact) mass is 439 g/mol. The van der Waals surface area contributed by atoms with Crippen molar-refractivity contribution in [2.24, 2.45) is 4.99 Å². The van der Waals surface area contributed by atoms with Gasteiger partial charge in [-0.05, 0) is 36.8 Å². The molecular weight excluding hydrogens is 409 g/mol. The Kier molecular flexibility index (Phi) is 7.63. The number of morpholine rings is 1. The fraction of sp³-hybridized carbons (Fsp3) is 0.435. The van der Waals surface area contributed by atoms with Crippen molar-refractivity contribution in [2.75, 3.05) is 45.9 Å². The summed E-state index contributed by atoms with van der Waals surface area (Å²) in [6, 6.07) is 12.7. The Labute approximate surface area is 187 Å². The number of guanidine groups is 1. The lowest BCUT2D eigenvalue weighted by molar-refractivity contribution is 0.0179. The normalized spacial score (nSPS) is 16.2. The number of pyridine rings is 1. The zero-order chi connectivity index (χ0) is 22.2. The summed E-state index contributed by atoms with van der Waals surface area (Å²) in [5.74, 6) is 1.43. The summed E-state index contributed by atoms with van der Waals surface area (Å²) in [4.78, 5) is 7.20. The quantitative estimate of drug-likeness (QED) is 0.413. The van der Waals surface area contributed by atoms with Crippen LogP contribution in [-0.2, 0) is 11.2 Å². The van der Waals surface area contributed by atoms with Gasteiger partial charge in [0.05, 0.1) is 25.8 Å². The minimum Gasteiger partial charge on any atom is -0.379 e. The lowest BCUT2D eigenvalue weighted by Gasteiger charge is -2.34. The van der Waals surface area contributed by atoms with E-state index in [1.54, 1.807) is 0 Å². The first kappa shape index (κ1) is 22.2. The highest BCUT2D eigenvalue weighted by atomic mass is 19.1. The van der Waals surface area contributed by atoms with Crippen molar-refractivity contribution in [1.82, 2.24) is 30.1 Å². The Balaban J connectivity index is 1.42. The summed E-state index contributed by atoms with van der Waals surface area (Å²) in [6.45, 7) is 7.12. The van der Waals surface area contributed by atoms with E-state index < -0.39 is 0 Å². The number of nitrogens with one attached hydrogen (secondary N) is 2. The lowest BCUT2D eigenvalue weighted by Crippen LogP contribution is -2.42. The molecule has 4 rings (SSSR count). The highest BCUT2D eigenvalue weighted by Gasteiger charge is 2.22. The average Bonchev–Trinajstić information content (AvgIpc) is 3.24. The highest BCUT2D eigenvalue weighted by Crippen LogP contribution is 2.22. The number of aromatic nitrogens is 3. The molecule has 0 spiro atoms. The van der Waals surface area contributed by atoms with Crippen molar-refractivity contribution >= 4 is 11.6 Å². The molecule has 1 aliphatic heterocycles. The van der Waals surface area contributed by atoms with E-state index in [1.165, 1.54) is 12.1 Å². The second-order valence-electron chi connectivity index (χ2n) is 7.66. The Morgan fingerprint density at radius 1 is 1.12 bits per heavy atom. The van der Waals surface area contributed by atoms with Crippen molar-refractivity contribution in [2.45, 2.75) is 19.4 Å². The largest absolute Gasteiger partial charge is 0.379 e. The molecular formula is C23H30FN7O. The summed E-state index contributed by atoms with van der Waals surface area (Å²) < 4.78 is 21.0. The van der Waals surface area contributed by atoms with Crippen molar-refractivity contribution in [3.05, 3.63) is 65.9 Å². The van der Waals surface area contributed by atoms with Gasteiger partial charge in [-0.3, -0.25) is 14.3 Å². The van der Waals surface area contributed by atoms with Crippen LogP contribution in [0.25, 0.3) is 5.65 Å². The SMILES string of the molecule is CCNC(=NCC(c1ccc(F)cc1)N1CCOCC1)NCCc1nnc2ccccn12. The van der Waals surface area contributed by atoms with Gasteiger partial charge in [0.25, 0.3) is 0 Å². The van der Waals surface area contributed by atoms with Gasteiger partial charge in [0.15, 0.2) is 11.6 Å². The van der Waals surface area contributed by atoms with Gasteiger partial charge in [-0.1, -0.05) is 18.2 Å². The van der Waals surface area contributed by atoms with Crippen molar-refractivity contribution in [1.29, 1.82) is 0 Å². The van der Waals surface area contributed by atoms with Gasteiger partial charge < -0.3 is 15.4 Å². The number of fused-ring (bicyclic) bond motifs is 1. The minimum absolute atomic E-state index is 0.0652. The molecule has 32 heavy (non-hydrogen) atoms. The molecule has 0 aliphatic carbocycles. The molecule has 0 saturated carbocycles. The van der Waals surface area contributed by atoms with Crippen LogP contribution in [-0.4, -0.2) is 71.4 Å². The molecule has 2 N–H and O–H groups in total. The fourth-order valence-electron chi connectivity index (χ4n) is 3.88. The number of aliphatic imine (C=N–C) groups is 1. The third-order valence-electron chi connectivity index (χ3n) is 5.53. The van der Waals surface area contributed by atoms with Crippen LogP contribution in [0.3, 0.4) is 0 Å². The Bertz CT molecular complexity index is 1010. The number of halogens is 1. The van der Waals surface area contributed by atoms with Crippen LogP contribution < -0.4 is 10.6 Å². The van der Waals surface area contributed by atoms with Crippen LogP contribution in [0.15, 0.2) is 53.7 Å². The first-order valence-electron chi connectivity index (χ1n) is 11.1. The molecule has 1 saturated heterocycles. The molecule has 8 nitrogen and oxygen atoms in total.